The van der Waals surface area contributed by atoms with Crippen LogP contribution in [0.3, 0.4) is 0 Å². The van der Waals surface area contributed by atoms with Crippen molar-refractivity contribution < 1.29 is 0 Å². The highest BCUT2D eigenvalue weighted by Gasteiger charge is 2.20. The third-order valence-corrected chi connectivity index (χ3v) is 5.89. The van der Waals surface area contributed by atoms with E-state index in [4.69, 9.17) is 11.6 Å². The molecule has 2 aromatic rings. The second-order valence-electron chi connectivity index (χ2n) is 3.67. The monoisotopic (exact) mass is 471 g/mol. The molecule has 0 saturated carbocycles. The summed E-state index contributed by atoms with van der Waals surface area (Å²) in [4.78, 5) is 0. The van der Waals surface area contributed by atoms with E-state index >= 15 is 0 Å². The molecule has 1 aromatic carbocycles. The molecule has 1 unspecified atom stereocenters. The second kappa shape index (κ2) is 6.37. The van der Waals surface area contributed by atoms with Crippen molar-refractivity contribution in [3.63, 3.8) is 0 Å². The highest BCUT2D eigenvalue weighted by atomic mass is 79.9. The molecule has 0 fully saturated rings. The van der Waals surface area contributed by atoms with E-state index in [1.165, 1.54) is 5.56 Å². The topological polar surface area (TPSA) is 12.0 Å². The van der Waals surface area contributed by atoms with Crippen molar-refractivity contribution in [2.24, 2.45) is 0 Å². The van der Waals surface area contributed by atoms with Crippen LogP contribution in [0.5, 0.6) is 0 Å². The zero-order chi connectivity index (χ0) is 13.3. The summed E-state index contributed by atoms with van der Waals surface area (Å²) >= 11 is 18.4. The number of benzene rings is 1. The Balaban J connectivity index is 2.51. The molecule has 1 nitrogen and oxygen atoms in total. The van der Waals surface area contributed by atoms with Crippen LogP contribution < -0.4 is 5.32 Å². The molecule has 0 bridgehead atoms. The summed E-state index contributed by atoms with van der Waals surface area (Å²) in [5, 5.41) is 4.06. The Labute approximate surface area is 140 Å². The summed E-state index contributed by atoms with van der Waals surface area (Å²) < 4.78 is 3.25. The van der Waals surface area contributed by atoms with Crippen LogP contribution in [0.15, 0.2) is 36.3 Å². The van der Waals surface area contributed by atoms with Crippen LogP contribution in [0, 0.1) is 0 Å². The fourth-order valence-electron chi connectivity index (χ4n) is 1.76. The van der Waals surface area contributed by atoms with Gasteiger partial charge in [-0.3, -0.25) is 0 Å². The van der Waals surface area contributed by atoms with Gasteiger partial charge in [0.25, 0.3) is 0 Å². The molecule has 0 saturated heterocycles. The SMILES string of the molecule is CNC(c1cc(Cl)ccc1Br)c1cc(Br)sc1Br. The normalized spacial score (nSPS) is 12.7. The minimum Gasteiger partial charge on any atom is -0.309 e. The highest BCUT2D eigenvalue weighted by Crippen LogP contribution is 2.39. The Morgan fingerprint density at radius 2 is 1.89 bits per heavy atom. The zero-order valence-corrected chi connectivity index (χ0v) is 15.6. The molecule has 1 N–H and O–H groups in total. The van der Waals surface area contributed by atoms with Gasteiger partial charge in [-0.25, -0.2) is 0 Å². The van der Waals surface area contributed by atoms with E-state index < -0.39 is 0 Å². The molecule has 2 rings (SSSR count). The predicted molar refractivity (Wildman–Crippen MR) is 89.8 cm³/mol. The quantitative estimate of drug-likeness (QED) is 0.576. The molecule has 96 valence electrons. The van der Waals surface area contributed by atoms with Gasteiger partial charge in [0.15, 0.2) is 0 Å². The first-order chi connectivity index (χ1) is 8.52. The van der Waals surface area contributed by atoms with Crippen molar-refractivity contribution in [1.82, 2.24) is 5.32 Å². The van der Waals surface area contributed by atoms with Crippen molar-refractivity contribution >= 4 is 70.7 Å². The number of rotatable bonds is 3. The van der Waals surface area contributed by atoms with Crippen LogP contribution in [-0.4, -0.2) is 7.05 Å². The molecule has 0 amide bonds. The number of nitrogens with one attached hydrogen (secondary N) is 1. The Bertz CT molecular complexity index is 570. The lowest BCUT2D eigenvalue weighted by atomic mass is 10.0. The van der Waals surface area contributed by atoms with Crippen LogP contribution in [0.25, 0.3) is 0 Å². The van der Waals surface area contributed by atoms with Crippen LogP contribution >= 0.6 is 70.7 Å². The van der Waals surface area contributed by atoms with E-state index in [2.05, 4.69) is 59.2 Å². The van der Waals surface area contributed by atoms with Crippen molar-refractivity contribution in [1.29, 1.82) is 0 Å². The molecule has 0 aliphatic carbocycles. The zero-order valence-electron chi connectivity index (χ0n) is 9.31. The summed E-state index contributed by atoms with van der Waals surface area (Å²) in [6, 6.07) is 8.03. The maximum absolute atomic E-state index is 6.08. The highest BCUT2D eigenvalue weighted by molar-refractivity contribution is 9.12. The average Bonchev–Trinajstić information content (AvgIpc) is 2.64. The van der Waals surface area contributed by atoms with Crippen LogP contribution in [-0.2, 0) is 0 Å². The first kappa shape index (κ1) is 15.0. The predicted octanol–water partition coefficient (Wildman–Crippen LogP) is 6.00. The van der Waals surface area contributed by atoms with Gasteiger partial charge in [0.1, 0.15) is 0 Å². The first-order valence-corrected chi connectivity index (χ1v) is 8.67. The van der Waals surface area contributed by atoms with Crippen molar-refractivity contribution in [3.05, 3.63) is 52.5 Å². The minimum atomic E-state index is 0.0926. The Hall–Kier alpha value is 0.610. The number of hydrogen-bond acceptors (Lipinski definition) is 2. The van der Waals surface area contributed by atoms with Gasteiger partial charge in [0.2, 0.25) is 0 Å². The van der Waals surface area contributed by atoms with Gasteiger partial charge in [-0.15, -0.1) is 11.3 Å². The fraction of sp³-hybridized carbons (Fsp3) is 0.167. The molecule has 18 heavy (non-hydrogen) atoms. The average molecular weight is 474 g/mol. The largest absolute Gasteiger partial charge is 0.309 e. The molecule has 0 aliphatic heterocycles. The molecule has 0 spiro atoms. The summed E-state index contributed by atoms with van der Waals surface area (Å²) in [5.41, 5.74) is 2.31. The molecule has 1 heterocycles. The lowest BCUT2D eigenvalue weighted by Crippen LogP contribution is -2.17. The van der Waals surface area contributed by atoms with Gasteiger partial charge < -0.3 is 5.32 Å². The molecule has 0 aliphatic rings. The number of halogens is 4. The van der Waals surface area contributed by atoms with Gasteiger partial charge in [-0.1, -0.05) is 27.5 Å². The van der Waals surface area contributed by atoms with E-state index in [9.17, 15) is 0 Å². The van der Waals surface area contributed by atoms with E-state index in [1.54, 1.807) is 11.3 Å². The van der Waals surface area contributed by atoms with Crippen molar-refractivity contribution in [2.75, 3.05) is 7.05 Å². The number of hydrogen-bond donors (Lipinski definition) is 1. The minimum absolute atomic E-state index is 0.0926. The van der Waals surface area contributed by atoms with Crippen LogP contribution in [0.4, 0.5) is 0 Å². The van der Waals surface area contributed by atoms with E-state index in [0.717, 1.165) is 22.6 Å². The summed E-state index contributed by atoms with van der Waals surface area (Å²) in [7, 11) is 1.94. The Kier molecular flexibility index (Phi) is 5.31. The summed E-state index contributed by atoms with van der Waals surface area (Å²) in [6.07, 6.45) is 0. The van der Waals surface area contributed by atoms with Gasteiger partial charge in [0, 0.05) is 9.50 Å². The lowest BCUT2D eigenvalue weighted by molar-refractivity contribution is 0.689. The van der Waals surface area contributed by atoms with E-state index in [1.807, 2.05) is 25.2 Å². The van der Waals surface area contributed by atoms with Gasteiger partial charge in [-0.05, 0) is 74.3 Å². The third-order valence-electron chi connectivity index (χ3n) is 2.55. The lowest BCUT2D eigenvalue weighted by Gasteiger charge is -2.18. The van der Waals surface area contributed by atoms with Gasteiger partial charge in [0.05, 0.1) is 13.6 Å². The Morgan fingerprint density at radius 3 is 2.44 bits per heavy atom. The van der Waals surface area contributed by atoms with Crippen molar-refractivity contribution in [2.45, 2.75) is 6.04 Å². The smallest absolute Gasteiger partial charge is 0.0761 e. The summed E-state index contributed by atoms with van der Waals surface area (Å²) in [5.74, 6) is 0. The number of thiophene rings is 1. The second-order valence-corrected chi connectivity index (χ2v) is 8.71. The van der Waals surface area contributed by atoms with E-state index in [0.29, 0.717) is 0 Å². The van der Waals surface area contributed by atoms with Gasteiger partial charge >= 0.3 is 0 Å². The van der Waals surface area contributed by atoms with Crippen LogP contribution in [0.1, 0.15) is 17.2 Å². The maximum atomic E-state index is 6.08. The Morgan fingerprint density at radius 1 is 1.17 bits per heavy atom. The fourth-order valence-corrected chi connectivity index (χ4v) is 5.32. The van der Waals surface area contributed by atoms with Crippen LogP contribution in [0.2, 0.25) is 5.02 Å². The standard InChI is InChI=1S/C12H9Br3ClNS/c1-17-11(8-5-10(14)18-12(8)15)7-4-6(16)2-3-9(7)13/h2-5,11,17H,1H3. The van der Waals surface area contributed by atoms with Crippen molar-refractivity contribution in [3.8, 4) is 0 Å². The molecule has 1 aromatic heterocycles. The van der Waals surface area contributed by atoms with Gasteiger partial charge in [-0.2, -0.15) is 0 Å². The molecular formula is C12H9Br3ClNS. The first-order valence-electron chi connectivity index (χ1n) is 5.10. The molecule has 0 radical (unpaired) electrons. The summed E-state index contributed by atoms with van der Waals surface area (Å²) in [6.45, 7) is 0. The molecular weight excluding hydrogens is 465 g/mol. The molecule has 6 heteroatoms. The third kappa shape index (κ3) is 3.19. The van der Waals surface area contributed by atoms with E-state index in [-0.39, 0.29) is 6.04 Å². The molecule has 1 atom stereocenters. The maximum Gasteiger partial charge on any atom is 0.0761 e.